The molecule has 0 rings (SSSR count). The van der Waals surface area contributed by atoms with Gasteiger partial charge in [0.25, 0.3) is 0 Å². The molecule has 0 aliphatic rings. The van der Waals surface area contributed by atoms with E-state index in [9.17, 15) is 9.59 Å². The summed E-state index contributed by atoms with van der Waals surface area (Å²) in [7, 11) is 2.97. The highest BCUT2D eigenvalue weighted by Crippen LogP contribution is 1.88. The standard InChI is InChI=1S/C9H16N2O6/c1-14-3-5-16-8(12)7-10-11-9(13)17-6-4-15-2/h3-7H2,1-2H3/b11-10+. The van der Waals surface area contributed by atoms with Gasteiger partial charge in [-0.05, 0) is 0 Å². The summed E-state index contributed by atoms with van der Waals surface area (Å²) in [6.07, 6.45) is -0.869. The van der Waals surface area contributed by atoms with Gasteiger partial charge in [0.05, 0.1) is 13.2 Å². The van der Waals surface area contributed by atoms with Gasteiger partial charge in [-0.25, -0.2) is 9.59 Å². The second kappa shape index (κ2) is 11.0. The van der Waals surface area contributed by atoms with Crippen LogP contribution >= 0.6 is 0 Å². The van der Waals surface area contributed by atoms with Crippen molar-refractivity contribution in [1.82, 2.24) is 0 Å². The molecule has 0 unspecified atom stereocenters. The van der Waals surface area contributed by atoms with Gasteiger partial charge in [0.1, 0.15) is 13.2 Å². The zero-order valence-corrected chi connectivity index (χ0v) is 9.88. The van der Waals surface area contributed by atoms with Crippen molar-refractivity contribution < 1.29 is 28.5 Å². The van der Waals surface area contributed by atoms with Gasteiger partial charge in [0.2, 0.25) is 0 Å². The van der Waals surface area contributed by atoms with E-state index in [0.717, 1.165) is 0 Å². The molecular weight excluding hydrogens is 232 g/mol. The topological polar surface area (TPSA) is 95.8 Å². The number of carbonyl (C=O) groups excluding carboxylic acids is 2. The van der Waals surface area contributed by atoms with Crippen LogP contribution in [0.5, 0.6) is 0 Å². The number of methoxy groups -OCH3 is 2. The third-order valence-electron chi connectivity index (χ3n) is 1.42. The molecule has 0 aromatic carbocycles. The molecule has 1 amide bonds. The van der Waals surface area contributed by atoms with E-state index < -0.39 is 12.1 Å². The van der Waals surface area contributed by atoms with Gasteiger partial charge in [0.15, 0.2) is 6.54 Å². The molecule has 0 heterocycles. The maximum absolute atomic E-state index is 11.0. The Morgan fingerprint density at radius 2 is 1.53 bits per heavy atom. The zero-order valence-electron chi connectivity index (χ0n) is 9.88. The zero-order chi connectivity index (χ0) is 12.9. The van der Waals surface area contributed by atoms with Gasteiger partial charge in [-0.15, -0.1) is 0 Å². The van der Waals surface area contributed by atoms with Crippen molar-refractivity contribution in [3.05, 3.63) is 0 Å². The molecule has 0 aromatic rings. The molecule has 0 fully saturated rings. The van der Waals surface area contributed by atoms with Gasteiger partial charge < -0.3 is 18.9 Å². The molecule has 0 aliphatic carbocycles. The average molecular weight is 248 g/mol. The van der Waals surface area contributed by atoms with E-state index in [1.54, 1.807) is 0 Å². The highest BCUT2D eigenvalue weighted by Gasteiger charge is 2.02. The van der Waals surface area contributed by atoms with Crippen LogP contribution in [0.1, 0.15) is 0 Å². The van der Waals surface area contributed by atoms with Gasteiger partial charge in [-0.3, -0.25) is 0 Å². The number of rotatable bonds is 8. The molecule has 17 heavy (non-hydrogen) atoms. The molecule has 8 heteroatoms. The van der Waals surface area contributed by atoms with Crippen molar-refractivity contribution >= 4 is 12.1 Å². The van der Waals surface area contributed by atoms with Crippen molar-refractivity contribution in [2.75, 3.05) is 47.2 Å². The number of ether oxygens (including phenoxy) is 4. The average Bonchev–Trinajstić information content (AvgIpc) is 2.30. The Morgan fingerprint density at radius 3 is 2.12 bits per heavy atom. The summed E-state index contributed by atoms with van der Waals surface area (Å²) in [5.74, 6) is -0.588. The maximum atomic E-state index is 11.0. The first kappa shape index (κ1) is 15.5. The van der Waals surface area contributed by atoms with Gasteiger partial charge >= 0.3 is 12.1 Å². The highest BCUT2D eigenvalue weighted by molar-refractivity contribution is 5.72. The van der Waals surface area contributed by atoms with Crippen LogP contribution in [0.3, 0.4) is 0 Å². The van der Waals surface area contributed by atoms with Crippen molar-refractivity contribution in [2.24, 2.45) is 10.2 Å². The van der Waals surface area contributed by atoms with E-state index in [2.05, 4.69) is 29.2 Å². The number of nitrogens with zero attached hydrogens (tertiary/aromatic N) is 2. The fourth-order valence-electron chi connectivity index (χ4n) is 0.676. The second-order valence-corrected chi connectivity index (χ2v) is 2.72. The molecule has 8 nitrogen and oxygen atoms in total. The SMILES string of the molecule is COCCOC(=O)C/N=N/C(=O)OCCOC. The predicted molar refractivity (Wildman–Crippen MR) is 55.8 cm³/mol. The number of carbonyl (C=O) groups is 2. The fraction of sp³-hybridized carbons (Fsp3) is 0.778. The molecule has 0 radical (unpaired) electrons. The van der Waals surface area contributed by atoms with E-state index >= 15 is 0 Å². The van der Waals surface area contributed by atoms with Crippen LogP contribution in [0, 0.1) is 0 Å². The summed E-state index contributed by atoms with van der Waals surface area (Å²) in [6.45, 7) is 0.487. The van der Waals surface area contributed by atoms with Crippen LogP contribution in [0.15, 0.2) is 10.2 Å². The largest absolute Gasteiger partial charge is 0.462 e. The van der Waals surface area contributed by atoms with Crippen LogP contribution in [0.25, 0.3) is 0 Å². The first-order valence-corrected chi connectivity index (χ1v) is 4.88. The molecule has 0 spiro atoms. The van der Waals surface area contributed by atoms with Crippen LogP contribution in [-0.4, -0.2) is 59.3 Å². The van der Waals surface area contributed by atoms with Gasteiger partial charge in [-0.2, -0.15) is 5.11 Å². The lowest BCUT2D eigenvalue weighted by molar-refractivity contribution is -0.143. The number of amides is 1. The fourth-order valence-corrected chi connectivity index (χ4v) is 0.676. The smallest absolute Gasteiger partial charge is 0.452 e. The number of hydrogen-bond donors (Lipinski definition) is 0. The molecule has 0 saturated carbocycles. The summed E-state index contributed by atoms with van der Waals surface area (Å²) in [5.41, 5.74) is 0. The van der Waals surface area contributed by atoms with Crippen LogP contribution in [0.2, 0.25) is 0 Å². The highest BCUT2D eigenvalue weighted by atomic mass is 16.6. The van der Waals surface area contributed by atoms with E-state index in [4.69, 9.17) is 0 Å². The lowest BCUT2D eigenvalue weighted by atomic mass is 10.7. The molecule has 0 saturated heterocycles. The number of hydrogen-bond acceptors (Lipinski definition) is 7. The third kappa shape index (κ3) is 10.7. The van der Waals surface area contributed by atoms with Crippen molar-refractivity contribution in [1.29, 1.82) is 0 Å². The Morgan fingerprint density at radius 1 is 0.941 bits per heavy atom. The minimum atomic E-state index is -0.869. The maximum Gasteiger partial charge on any atom is 0.452 e. The second-order valence-electron chi connectivity index (χ2n) is 2.72. The van der Waals surface area contributed by atoms with Crippen LogP contribution in [0.4, 0.5) is 4.79 Å². The quantitative estimate of drug-likeness (QED) is 0.350. The van der Waals surface area contributed by atoms with Gasteiger partial charge in [-0.1, -0.05) is 5.11 Å². The normalized spacial score (nSPS) is 10.5. The van der Waals surface area contributed by atoms with Crippen molar-refractivity contribution in [2.45, 2.75) is 0 Å². The van der Waals surface area contributed by atoms with E-state index in [1.165, 1.54) is 14.2 Å². The van der Waals surface area contributed by atoms with Crippen LogP contribution < -0.4 is 0 Å². The van der Waals surface area contributed by atoms with E-state index in [1.807, 2.05) is 0 Å². The third-order valence-corrected chi connectivity index (χ3v) is 1.42. The van der Waals surface area contributed by atoms with E-state index in [0.29, 0.717) is 6.61 Å². The summed E-state index contributed by atoms with van der Waals surface area (Å²) in [6, 6.07) is 0. The number of azo groups is 1. The van der Waals surface area contributed by atoms with Crippen LogP contribution in [-0.2, 0) is 23.7 Å². The Hall–Kier alpha value is -1.54. The first-order chi connectivity index (χ1) is 8.20. The summed E-state index contributed by atoms with van der Waals surface area (Å²) in [4.78, 5) is 21.8. The summed E-state index contributed by atoms with van der Waals surface area (Å²) >= 11 is 0. The Bertz CT molecular complexity index is 256. The summed E-state index contributed by atoms with van der Waals surface area (Å²) in [5, 5.41) is 6.46. The Labute approximate surface area is 98.9 Å². The molecular formula is C9H16N2O6. The molecule has 0 N–H and O–H groups in total. The lowest BCUT2D eigenvalue weighted by Crippen LogP contribution is -2.12. The first-order valence-electron chi connectivity index (χ1n) is 4.88. The molecule has 0 atom stereocenters. The molecule has 0 bridgehead atoms. The minimum absolute atomic E-state index is 0.0899. The van der Waals surface area contributed by atoms with Gasteiger partial charge in [0, 0.05) is 14.2 Å². The predicted octanol–water partition coefficient (Wildman–Crippen LogP) is 0.411. The minimum Gasteiger partial charge on any atom is -0.462 e. The monoisotopic (exact) mass is 248 g/mol. The molecule has 0 aliphatic heterocycles. The van der Waals surface area contributed by atoms with E-state index in [-0.39, 0.29) is 26.4 Å². The molecule has 98 valence electrons. The summed E-state index contributed by atoms with van der Waals surface area (Å²) < 4.78 is 18.6. The lowest BCUT2D eigenvalue weighted by Gasteiger charge is -2.00. The molecule has 0 aromatic heterocycles. The Balaban J connectivity index is 3.56. The Kier molecular flexibility index (Phi) is 9.97. The number of esters is 1. The van der Waals surface area contributed by atoms with Crippen molar-refractivity contribution in [3.63, 3.8) is 0 Å². The van der Waals surface area contributed by atoms with Crippen molar-refractivity contribution in [3.8, 4) is 0 Å².